The maximum Gasteiger partial charge on any atom is 0.327 e. The number of amides is 5. The standard InChI is InChI=1S/C22H34N8O11S/c23-22(24)25-5-1-2-10-18(37)26-7-14(31)28-12(6-17(35)36)20(39)30-13(21(40)41)8-42-9-15(32)27-11(19(38)29-10)3-4-16(33)34/h10-13H,1-9H2,(H,26,37)(H,27,32)(H,28,31)(H,29,38)(H,30,39)(H,33,34)(H,35,36)(H,40,41)(H4,23,24,25)/t10-,11+,12-,13-/m0/s1. The fourth-order valence-corrected chi connectivity index (χ4v) is 4.30. The number of hydrogen-bond acceptors (Lipinski definition) is 10. The maximum atomic E-state index is 13.0. The van der Waals surface area contributed by atoms with Gasteiger partial charge in [-0.1, -0.05) is 0 Å². The third kappa shape index (κ3) is 14.1. The molecule has 1 saturated heterocycles. The van der Waals surface area contributed by atoms with Crippen LogP contribution in [0.5, 0.6) is 0 Å². The van der Waals surface area contributed by atoms with E-state index in [1.807, 2.05) is 0 Å². The highest BCUT2D eigenvalue weighted by Gasteiger charge is 2.31. The van der Waals surface area contributed by atoms with Gasteiger partial charge in [-0.25, -0.2) is 4.79 Å². The van der Waals surface area contributed by atoms with Gasteiger partial charge in [-0.2, -0.15) is 0 Å². The molecule has 1 heterocycles. The molecule has 1 fully saturated rings. The molecule has 12 N–H and O–H groups in total. The third-order valence-electron chi connectivity index (χ3n) is 5.46. The van der Waals surface area contributed by atoms with Gasteiger partial charge < -0.3 is 53.4 Å². The molecule has 1 aliphatic heterocycles. The molecule has 0 bridgehead atoms. The summed E-state index contributed by atoms with van der Waals surface area (Å²) in [5.74, 6) is -9.92. The number of thioether (sulfide) groups is 1. The monoisotopic (exact) mass is 618 g/mol. The summed E-state index contributed by atoms with van der Waals surface area (Å²) in [5.41, 5.74) is 10.6. The molecule has 1 rings (SSSR count). The highest BCUT2D eigenvalue weighted by molar-refractivity contribution is 8.00. The summed E-state index contributed by atoms with van der Waals surface area (Å²) in [6.45, 7) is -0.692. The van der Waals surface area contributed by atoms with Gasteiger partial charge in [-0.15, -0.1) is 11.8 Å². The molecular formula is C22H34N8O11S. The second-order valence-electron chi connectivity index (χ2n) is 8.91. The van der Waals surface area contributed by atoms with Crippen molar-refractivity contribution in [3.63, 3.8) is 0 Å². The molecule has 0 spiro atoms. The van der Waals surface area contributed by atoms with Crippen molar-refractivity contribution in [1.29, 1.82) is 0 Å². The summed E-state index contributed by atoms with van der Waals surface area (Å²) in [6.07, 6.45) is -1.64. The van der Waals surface area contributed by atoms with Crippen LogP contribution in [0.3, 0.4) is 0 Å². The van der Waals surface area contributed by atoms with E-state index < -0.39 is 96.8 Å². The van der Waals surface area contributed by atoms with E-state index >= 15 is 0 Å². The molecule has 1 aliphatic rings. The minimum atomic E-state index is -1.70. The van der Waals surface area contributed by atoms with Gasteiger partial charge in [0.15, 0.2) is 5.96 Å². The van der Waals surface area contributed by atoms with Gasteiger partial charge in [0.05, 0.1) is 18.7 Å². The Morgan fingerprint density at radius 1 is 0.810 bits per heavy atom. The molecule has 0 aliphatic carbocycles. The van der Waals surface area contributed by atoms with Gasteiger partial charge in [-0.05, 0) is 19.3 Å². The van der Waals surface area contributed by atoms with Gasteiger partial charge >= 0.3 is 17.9 Å². The molecule has 0 aromatic carbocycles. The lowest BCUT2D eigenvalue weighted by atomic mass is 10.1. The number of carbonyl (C=O) groups excluding carboxylic acids is 5. The van der Waals surface area contributed by atoms with Gasteiger partial charge in [0.25, 0.3) is 0 Å². The van der Waals surface area contributed by atoms with E-state index in [1.54, 1.807) is 0 Å². The number of aliphatic imine (C=N–C) groups is 1. The number of nitrogens with zero attached hydrogens (tertiary/aromatic N) is 1. The van der Waals surface area contributed by atoms with Crippen LogP contribution in [0.25, 0.3) is 0 Å². The Bertz CT molecular complexity index is 1080. The van der Waals surface area contributed by atoms with Crippen LogP contribution in [0, 0.1) is 0 Å². The van der Waals surface area contributed by atoms with E-state index in [4.69, 9.17) is 21.7 Å². The molecule has 0 unspecified atom stereocenters. The summed E-state index contributed by atoms with van der Waals surface area (Å²) in [6, 6.07) is -5.98. The van der Waals surface area contributed by atoms with Crippen LogP contribution in [0.1, 0.15) is 32.1 Å². The first kappa shape index (κ1) is 35.4. The van der Waals surface area contributed by atoms with Gasteiger partial charge in [0.1, 0.15) is 24.2 Å². The second kappa shape index (κ2) is 17.9. The predicted molar refractivity (Wildman–Crippen MR) is 145 cm³/mol. The van der Waals surface area contributed by atoms with Crippen LogP contribution >= 0.6 is 11.8 Å². The average molecular weight is 619 g/mol. The summed E-state index contributed by atoms with van der Waals surface area (Å²) in [5, 5.41) is 38.8. The molecule has 42 heavy (non-hydrogen) atoms. The van der Waals surface area contributed by atoms with E-state index in [0.717, 1.165) is 11.8 Å². The van der Waals surface area contributed by atoms with E-state index in [9.17, 15) is 43.5 Å². The molecule has 19 nitrogen and oxygen atoms in total. The molecule has 5 amide bonds. The Morgan fingerprint density at radius 2 is 1.43 bits per heavy atom. The number of guanidine groups is 1. The highest BCUT2D eigenvalue weighted by atomic mass is 32.2. The first-order chi connectivity index (χ1) is 19.7. The van der Waals surface area contributed by atoms with Crippen molar-refractivity contribution >= 4 is 65.2 Å². The first-order valence-corrected chi connectivity index (χ1v) is 13.6. The van der Waals surface area contributed by atoms with Gasteiger partial charge in [-0.3, -0.25) is 38.6 Å². The van der Waals surface area contributed by atoms with Gasteiger partial charge in [0, 0.05) is 18.7 Å². The number of carboxylic acids is 3. The Morgan fingerprint density at radius 3 is 2.02 bits per heavy atom. The summed E-state index contributed by atoms with van der Waals surface area (Å²) < 4.78 is 0. The zero-order valence-electron chi connectivity index (χ0n) is 22.3. The Hall–Kier alpha value is -4.62. The quantitative estimate of drug-likeness (QED) is 0.0624. The van der Waals surface area contributed by atoms with Crippen molar-refractivity contribution < 1.29 is 53.7 Å². The first-order valence-electron chi connectivity index (χ1n) is 12.5. The van der Waals surface area contributed by atoms with Crippen molar-refractivity contribution in [3.05, 3.63) is 0 Å². The lowest BCUT2D eigenvalue weighted by molar-refractivity contribution is -0.143. The van der Waals surface area contributed by atoms with Crippen LogP contribution in [0.2, 0.25) is 0 Å². The third-order valence-corrected chi connectivity index (χ3v) is 6.50. The normalized spacial score (nSPS) is 23.0. The number of nitrogens with one attached hydrogen (secondary N) is 5. The SMILES string of the molecule is NC(N)=NCCC[C@@H]1NC(=O)[C@@H](CCC(=O)O)NC(=O)CSC[C@@H](C(=O)O)NC(=O)[C@H](CC(=O)O)NC(=O)CNC1=O. The fourth-order valence-electron chi connectivity index (χ4n) is 3.45. The number of aliphatic carboxylic acids is 3. The highest BCUT2D eigenvalue weighted by Crippen LogP contribution is 2.08. The molecule has 0 aromatic rings. The smallest absolute Gasteiger partial charge is 0.327 e. The van der Waals surface area contributed by atoms with Crippen LogP contribution in [-0.4, -0.2) is 117 Å². The topological polar surface area (TPSA) is 322 Å². The van der Waals surface area contributed by atoms with Crippen molar-refractivity contribution in [3.8, 4) is 0 Å². The Balaban J connectivity index is 3.28. The van der Waals surface area contributed by atoms with Crippen molar-refractivity contribution in [2.45, 2.75) is 56.3 Å². The predicted octanol–water partition coefficient (Wildman–Crippen LogP) is -4.73. The van der Waals surface area contributed by atoms with E-state index in [0.29, 0.717) is 0 Å². The van der Waals surface area contributed by atoms with Crippen LogP contribution in [-0.2, 0) is 38.4 Å². The lowest BCUT2D eigenvalue weighted by Gasteiger charge is -2.24. The zero-order valence-corrected chi connectivity index (χ0v) is 23.1. The van der Waals surface area contributed by atoms with Crippen molar-refractivity contribution in [2.75, 3.05) is 24.6 Å². The molecule has 234 valence electrons. The fraction of sp³-hybridized carbons (Fsp3) is 0.591. The van der Waals surface area contributed by atoms with Crippen molar-refractivity contribution in [1.82, 2.24) is 26.6 Å². The molecule has 0 radical (unpaired) electrons. The Kier molecular flexibility index (Phi) is 15.1. The number of carboxylic acid groups (broad SMARTS) is 3. The summed E-state index contributed by atoms with van der Waals surface area (Å²) in [7, 11) is 0. The largest absolute Gasteiger partial charge is 0.481 e. The van der Waals surface area contributed by atoms with Crippen LogP contribution < -0.4 is 38.1 Å². The molecule has 4 atom stereocenters. The minimum Gasteiger partial charge on any atom is -0.481 e. The summed E-state index contributed by atoms with van der Waals surface area (Å²) >= 11 is 0.747. The molecule has 20 heteroatoms. The minimum absolute atomic E-state index is 0.0496. The second-order valence-corrected chi connectivity index (χ2v) is 9.94. The summed E-state index contributed by atoms with van der Waals surface area (Å²) in [4.78, 5) is 101. The molecular weight excluding hydrogens is 584 g/mol. The zero-order chi connectivity index (χ0) is 31.8. The van der Waals surface area contributed by atoms with E-state index in [2.05, 4.69) is 31.6 Å². The Labute approximate surface area is 243 Å². The van der Waals surface area contributed by atoms with Crippen LogP contribution in [0.4, 0.5) is 0 Å². The number of rotatable bonds is 10. The molecule has 0 aromatic heterocycles. The molecule has 0 saturated carbocycles. The van der Waals surface area contributed by atoms with E-state index in [1.165, 1.54) is 0 Å². The van der Waals surface area contributed by atoms with Crippen LogP contribution in [0.15, 0.2) is 4.99 Å². The average Bonchev–Trinajstić information content (AvgIpc) is 2.88. The maximum absolute atomic E-state index is 13.0. The van der Waals surface area contributed by atoms with Gasteiger partial charge in [0.2, 0.25) is 29.5 Å². The number of carbonyl (C=O) groups is 8. The lowest BCUT2D eigenvalue weighted by Crippen LogP contribution is -2.56. The number of hydrogen-bond donors (Lipinski definition) is 10. The number of nitrogens with two attached hydrogens (primary N) is 2. The van der Waals surface area contributed by atoms with Crippen molar-refractivity contribution in [2.24, 2.45) is 16.5 Å². The van der Waals surface area contributed by atoms with E-state index in [-0.39, 0.29) is 37.5 Å².